The SMILES string of the molecule is CC.CC.CC.CCC1CN(C(=O)C2(C#N)CC2)CC1Nc1c(C(N)=O)cnn2cc(-c3ccc(CNC(=O)COC)nc3)cc12. The molecular weight excluding hydrogens is 584 g/mol. The van der Waals surface area contributed by atoms with Crippen LogP contribution in [0.15, 0.2) is 36.8 Å². The fraction of sp³-hybridized carbons (Fsp3) is 0.529. The molecule has 0 bridgehead atoms. The van der Waals surface area contributed by atoms with Gasteiger partial charge < -0.3 is 26.0 Å². The van der Waals surface area contributed by atoms with E-state index in [2.05, 4.69) is 33.7 Å². The predicted molar refractivity (Wildman–Crippen MR) is 180 cm³/mol. The van der Waals surface area contributed by atoms with Gasteiger partial charge in [0.15, 0.2) is 0 Å². The number of hydrogen-bond acceptors (Lipinski definition) is 8. The molecule has 2 atom stereocenters. The Hall–Kier alpha value is -4.50. The van der Waals surface area contributed by atoms with E-state index in [1.54, 1.807) is 15.6 Å². The molecule has 1 aliphatic carbocycles. The summed E-state index contributed by atoms with van der Waals surface area (Å²) in [5.74, 6) is -0.794. The molecule has 3 aromatic rings. The standard InChI is InChI=1S/C28H32N8O4.3C2H6/c1-3-17-12-35(27(39)28(16-29)6-7-28)14-22(17)34-25-21(26(30)38)11-33-36-13-19(8-23(25)36)18-4-5-20(31-9-18)10-32-24(37)15-40-2;3*1-2/h4-5,8-9,11,13,17,22,34H,3,6-7,10,12,14-15H2,1-2H3,(H2,30,38)(H,32,37);3*1-2H3. The van der Waals surface area contributed by atoms with Crippen molar-refractivity contribution in [2.24, 2.45) is 17.1 Å². The molecule has 12 nitrogen and oxygen atoms in total. The molecule has 1 saturated carbocycles. The molecule has 1 saturated heterocycles. The van der Waals surface area contributed by atoms with Crippen LogP contribution in [0.3, 0.4) is 0 Å². The summed E-state index contributed by atoms with van der Waals surface area (Å²) in [5, 5.41) is 20.2. The number of methoxy groups -OCH3 is 1. The smallest absolute Gasteiger partial charge is 0.252 e. The third-order valence-electron chi connectivity index (χ3n) is 7.76. The molecule has 46 heavy (non-hydrogen) atoms. The molecule has 0 aromatic carbocycles. The first-order valence-corrected chi connectivity index (χ1v) is 16.3. The van der Waals surface area contributed by atoms with Crippen LogP contribution >= 0.6 is 0 Å². The number of rotatable bonds is 10. The lowest BCUT2D eigenvalue weighted by atomic mass is 10.00. The van der Waals surface area contributed by atoms with Crippen molar-refractivity contribution >= 4 is 28.9 Å². The molecular formula is C34H50N8O4. The normalized spacial score (nSPS) is 17.2. The van der Waals surface area contributed by atoms with Crippen molar-refractivity contribution in [1.82, 2.24) is 24.8 Å². The van der Waals surface area contributed by atoms with E-state index in [9.17, 15) is 19.6 Å². The number of nitrogens with one attached hydrogen (secondary N) is 2. The fourth-order valence-electron chi connectivity index (χ4n) is 5.23. The van der Waals surface area contributed by atoms with Crippen molar-refractivity contribution in [3.63, 3.8) is 0 Å². The molecule has 0 spiro atoms. The van der Waals surface area contributed by atoms with Crippen molar-refractivity contribution in [1.29, 1.82) is 5.26 Å². The second-order valence-corrected chi connectivity index (χ2v) is 10.4. The molecule has 5 rings (SSSR count). The predicted octanol–water partition coefficient (Wildman–Crippen LogP) is 4.79. The van der Waals surface area contributed by atoms with Crippen LogP contribution in [0.2, 0.25) is 0 Å². The van der Waals surface area contributed by atoms with Gasteiger partial charge in [0, 0.05) is 49.8 Å². The Morgan fingerprint density at radius 3 is 2.33 bits per heavy atom. The van der Waals surface area contributed by atoms with Crippen LogP contribution in [0, 0.1) is 22.7 Å². The van der Waals surface area contributed by atoms with E-state index in [0.29, 0.717) is 42.8 Å². The minimum atomic E-state index is -0.870. The number of pyridine rings is 1. The van der Waals surface area contributed by atoms with E-state index in [-0.39, 0.29) is 42.5 Å². The van der Waals surface area contributed by atoms with Gasteiger partial charge >= 0.3 is 0 Å². The highest BCUT2D eigenvalue weighted by atomic mass is 16.5. The lowest BCUT2D eigenvalue weighted by Gasteiger charge is -2.22. The van der Waals surface area contributed by atoms with E-state index < -0.39 is 11.3 Å². The average Bonchev–Trinajstić information content (AvgIpc) is 3.60. The molecule has 2 aliphatic rings. The highest BCUT2D eigenvalue weighted by molar-refractivity contribution is 6.02. The van der Waals surface area contributed by atoms with E-state index >= 15 is 0 Å². The van der Waals surface area contributed by atoms with Crippen molar-refractivity contribution in [2.75, 3.05) is 32.1 Å². The molecule has 0 radical (unpaired) electrons. The van der Waals surface area contributed by atoms with Crippen molar-refractivity contribution < 1.29 is 19.1 Å². The van der Waals surface area contributed by atoms with E-state index in [0.717, 1.165) is 17.5 Å². The highest BCUT2D eigenvalue weighted by Crippen LogP contribution is 2.47. The summed E-state index contributed by atoms with van der Waals surface area (Å²) in [6.45, 7) is 15.3. The number of carbonyl (C=O) groups excluding carboxylic acids is 3. The van der Waals surface area contributed by atoms with Gasteiger partial charge in [0.2, 0.25) is 11.8 Å². The quantitative estimate of drug-likeness (QED) is 0.286. The van der Waals surface area contributed by atoms with Gasteiger partial charge in [-0.05, 0) is 37.3 Å². The van der Waals surface area contributed by atoms with Gasteiger partial charge in [-0.15, -0.1) is 0 Å². The van der Waals surface area contributed by atoms with Crippen molar-refractivity contribution in [3.05, 3.63) is 48.0 Å². The summed E-state index contributed by atoms with van der Waals surface area (Å²) in [4.78, 5) is 43.3. The number of ether oxygens (including phenoxy) is 1. The third-order valence-corrected chi connectivity index (χ3v) is 7.76. The zero-order valence-corrected chi connectivity index (χ0v) is 28.5. The van der Waals surface area contributed by atoms with E-state index in [4.69, 9.17) is 10.5 Å². The van der Waals surface area contributed by atoms with Crippen LogP contribution < -0.4 is 16.4 Å². The van der Waals surface area contributed by atoms with Gasteiger partial charge in [-0.25, -0.2) is 4.52 Å². The first-order valence-electron chi connectivity index (χ1n) is 16.3. The second-order valence-electron chi connectivity index (χ2n) is 10.4. The molecule has 1 aliphatic heterocycles. The molecule has 250 valence electrons. The second kappa shape index (κ2) is 17.8. The van der Waals surface area contributed by atoms with Gasteiger partial charge in [0.1, 0.15) is 12.0 Å². The number of nitrogens with two attached hydrogens (primary N) is 1. The summed E-state index contributed by atoms with van der Waals surface area (Å²) >= 11 is 0. The largest absolute Gasteiger partial charge is 0.378 e. The van der Waals surface area contributed by atoms with Crippen LogP contribution in [-0.4, -0.2) is 70.1 Å². The first-order chi connectivity index (χ1) is 22.3. The highest BCUT2D eigenvalue weighted by Gasteiger charge is 2.54. The monoisotopic (exact) mass is 634 g/mol. The van der Waals surface area contributed by atoms with E-state index in [1.807, 2.05) is 65.9 Å². The topological polar surface area (TPSA) is 168 Å². The Morgan fingerprint density at radius 1 is 1.09 bits per heavy atom. The number of fused-ring (bicyclic) bond motifs is 1. The number of likely N-dealkylation sites (tertiary alicyclic amines) is 1. The molecule has 4 heterocycles. The third kappa shape index (κ3) is 8.60. The average molecular weight is 635 g/mol. The fourth-order valence-corrected chi connectivity index (χ4v) is 5.23. The summed E-state index contributed by atoms with van der Waals surface area (Å²) < 4.78 is 6.49. The number of nitrogens with zero attached hydrogens (tertiary/aromatic N) is 5. The summed E-state index contributed by atoms with van der Waals surface area (Å²) in [5.41, 5.74) is 8.70. The summed E-state index contributed by atoms with van der Waals surface area (Å²) in [7, 11) is 1.46. The van der Waals surface area contributed by atoms with Crippen LogP contribution in [0.5, 0.6) is 0 Å². The Labute approximate surface area is 272 Å². The Morgan fingerprint density at radius 2 is 1.78 bits per heavy atom. The lowest BCUT2D eigenvalue weighted by Crippen LogP contribution is -2.36. The lowest BCUT2D eigenvalue weighted by molar-refractivity contribution is -0.134. The van der Waals surface area contributed by atoms with Gasteiger partial charge in [-0.2, -0.15) is 10.4 Å². The van der Waals surface area contributed by atoms with Crippen LogP contribution in [0.4, 0.5) is 5.69 Å². The Balaban J connectivity index is 0.00000116. The Kier molecular flexibility index (Phi) is 14.6. The zero-order valence-electron chi connectivity index (χ0n) is 28.5. The minimum Gasteiger partial charge on any atom is -0.378 e. The molecule has 2 fully saturated rings. The zero-order chi connectivity index (χ0) is 34.4. The van der Waals surface area contributed by atoms with E-state index in [1.165, 1.54) is 13.3 Å². The number of carbonyl (C=O) groups is 3. The Bertz CT molecular complexity index is 1490. The number of anilines is 1. The van der Waals surface area contributed by atoms with Crippen molar-refractivity contribution in [2.45, 2.75) is 80.3 Å². The maximum absolute atomic E-state index is 13.1. The molecule has 3 amide bonds. The number of nitriles is 1. The van der Waals surface area contributed by atoms with Crippen LogP contribution in [0.25, 0.3) is 16.6 Å². The number of aromatic nitrogens is 3. The molecule has 12 heteroatoms. The van der Waals surface area contributed by atoms with Gasteiger partial charge in [-0.3, -0.25) is 19.4 Å². The van der Waals surface area contributed by atoms with Gasteiger partial charge in [0.05, 0.1) is 41.3 Å². The summed E-state index contributed by atoms with van der Waals surface area (Å²) in [6, 6.07) is 7.72. The molecule has 2 unspecified atom stereocenters. The number of hydrogen-bond donors (Lipinski definition) is 3. The maximum Gasteiger partial charge on any atom is 0.252 e. The number of primary amides is 1. The number of amides is 3. The van der Waals surface area contributed by atoms with Crippen LogP contribution in [-0.2, 0) is 20.9 Å². The first kappa shape index (κ1) is 37.7. The van der Waals surface area contributed by atoms with Crippen LogP contribution in [0.1, 0.15) is 83.8 Å². The maximum atomic E-state index is 13.1. The van der Waals surface area contributed by atoms with Gasteiger partial charge in [0.25, 0.3) is 5.91 Å². The summed E-state index contributed by atoms with van der Waals surface area (Å²) in [6.07, 6.45) is 7.04. The van der Waals surface area contributed by atoms with Crippen molar-refractivity contribution in [3.8, 4) is 17.2 Å². The molecule has 4 N–H and O–H groups in total. The van der Waals surface area contributed by atoms with Gasteiger partial charge in [-0.1, -0.05) is 54.5 Å². The molecule has 3 aromatic heterocycles. The minimum absolute atomic E-state index is 0.0130.